The first kappa shape index (κ1) is 23.9. The molecule has 5 aromatic rings. The molecule has 0 unspecified atom stereocenters. The van der Waals surface area contributed by atoms with Gasteiger partial charge in [-0.15, -0.1) is 11.3 Å². The van der Waals surface area contributed by atoms with Crippen LogP contribution < -0.4 is 5.32 Å². The fraction of sp³-hybridized carbons (Fsp3) is 0.214. The Labute approximate surface area is 222 Å². The lowest BCUT2D eigenvalue weighted by Gasteiger charge is -2.18. The predicted molar refractivity (Wildman–Crippen MR) is 149 cm³/mol. The minimum atomic E-state index is -0.234. The molecule has 37 heavy (non-hydrogen) atoms. The van der Waals surface area contributed by atoms with E-state index in [9.17, 15) is 4.79 Å². The Morgan fingerprint density at radius 2 is 1.89 bits per heavy atom. The number of benzene rings is 2. The highest BCUT2D eigenvalue weighted by molar-refractivity contribution is 7.21. The molecule has 0 aliphatic carbocycles. The van der Waals surface area contributed by atoms with Gasteiger partial charge in [-0.25, -0.2) is 15.0 Å². The molecule has 0 atom stereocenters. The van der Waals surface area contributed by atoms with Gasteiger partial charge in [0.05, 0.1) is 18.0 Å². The zero-order valence-electron chi connectivity index (χ0n) is 20.1. The Morgan fingerprint density at radius 3 is 2.81 bits per heavy atom. The highest BCUT2D eigenvalue weighted by atomic mass is 32.1. The number of nitrogens with zero attached hydrogens (tertiary/aromatic N) is 4. The number of ether oxygens (including phenoxy) is 1. The van der Waals surface area contributed by atoms with Crippen molar-refractivity contribution < 1.29 is 9.53 Å². The van der Waals surface area contributed by atoms with Gasteiger partial charge in [0.15, 0.2) is 5.01 Å². The lowest BCUT2D eigenvalue weighted by atomic mass is 10.2. The number of rotatable bonds is 6. The normalized spacial score (nSPS) is 14.5. The highest BCUT2D eigenvalue weighted by Gasteiger charge is 2.17. The third-order valence-electron chi connectivity index (χ3n) is 6.20. The van der Waals surface area contributed by atoms with Gasteiger partial charge in [0.25, 0.3) is 5.91 Å². The second kappa shape index (κ2) is 10.9. The number of aromatic nitrogens is 3. The molecule has 1 amide bonds. The van der Waals surface area contributed by atoms with Crippen molar-refractivity contribution in [2.45, 2.75) is 13.0 Å². The van der Waals surface area contributed by atoms with E-state index in [1.165, 1.54) is 22.7 Å². The predicted octanol–water partition coefficient (Wildman–Crippen LogP) is 5.96. The Bertz CT molecular complexity index is 1520. The van der Waals surface area contributed by atoms with Gasteiger partial charge in [0.1, 0.15) is 15.4 Å². The maximum Gasteiger partial charge on any atom is 0.284 e. The van der Waals surface area contributed by atoms with Crippen molar-refractivity contribution in [3.8, 4) is 21.8 Å². The molecule has 0 radical (unpaired) electrons. The van der Waals surface area contributed by atoms with Crippen LogP contribution in [0.3, 0.4) is 0 Å². The van der Waals surface area contributed by atoms with E-state index in [4.69, 9.17) is 9.72 Å². The minimum Gasteiger partial charge on any atom is -0.380 e. The first-order valence-corrected chi connectivity index (χ1v) is 13.9. The fourth-order valence-corrected chi connectivity index (χ4v) is 6.01. The smallest absolute Gasteiger partial charge is 0.284 e. The molecule has 4 heterocycles. The minimum absolute atomic E-state index is 0.234. The van der Waals surface area contributed by atoms with Crippen LogP contribution in [0.15, 0.2) is 72.2 Å². The van der Waals surface area contributed by atoms with Gasteiger partial charge in [-0.1, -0.05) is 53.8 Å². The molecule has 0 spiro atoms. The molecule has 2 aromatic carbocycles. The molecule has 0 bridgehead atoms. The van der Waals surface area contributed by atoms with Crippen molar-refractivity contribution in [2.75, 3.05) is 31.6 Å². The summed E-state index contributed by atoms with van der Waals surface area (Å²) >= 11 is 2.86. The summed E-state index contributed by atoms with van der Waals surface area (Å²) in [6.45, 7) is 4.40. The number of anilines is 1. The Morgan fingerprint density at radius 1 is 1.03 bits per heavy atom. The van der Waals surface area contributed by atoms with Crippen molar-refractivity contribution >= 4 is 44.6 Å². The number of amides is 1. The van der Waals surface area contributed by atoms with Crippen LogP contribution in [0, 0.1) is 0 Å². The Kier molecular flexibility index (Phi) is 7.00. The first-order valence-electron chi connectivity index (χ1n) is 12.2. The number of para-hydroxylation sites is 1. The number of fused-ring (bicyclic) bond motifs is 1. The molecule has 186 valence electrons. The summed E-state index contributed by atoms with van der Waals surface area (Å²) in [6.07, 6.45) is 2.99. The van der Waals surface area contributed by atoms with E-state index in [0.717, 1.165) is 77.0 Å². The third-order valence-corrected chi connectivity index (χ3v) is 8.05. The van der Waals surface area contributed by atoms with Crippen molar-refractivity contribution in [3.05, 3.63) is 82.8 Å². The summed E-state index contributed by atoms with van der Waals surface area (Å²) in [4.78, 5) is 30.5. The third kappa shape index (κ3) is 5.45. The molecule has 6 rings (SSSR count). The van der Waals surface area contributed by atoms with Crippen LogP contribution >= 0.6 is 22.7 Å². The molecule has 7 nitrogen and oxygen atoms in total. The number of pyridine rings is 1. The van der Waals surface area contributed by atoms with Gasteiger partial charge in [-0.05, 0) is 30.2 Å². The standard InChI is InChI=1S/C28H25N5O2S2/c34-25(28-32-24(18-36-28)20-7-2-1-3-8-20)30-22-10-5-4-9-21(22)26-31-23-15-19(16-29-27(23)37-26)17-33-11-6-13-35-14-12-33/h1-5,7-10,15-16,18H,6,11-14,17H2,(H,30,34). The average molecular weight is 528 g/mol. The van der Waals surface area contributed by atoms with Crippen molar-refractivity contribution in [1.82, 2.24) is 19.9 Å². The van der Waals surface area contributed by atoms with E-state index < -0.39 is 0 Å². The fourth-order valence-electron chi connectivity index (χ4n) is 4.35. The van der Waals surface area contributed by atoms with Gasteiger partial charge in [0, 0.05) is 48.9 Å². The number of thiazole rings is 2. The summed E-state index contributed by atoms with van der Waals surface area (Å²) < 4.78 is 5.57. The molecule has 9 heteroatoms. The second-order valence-electron chi connectivity index (χ2n) is 8.83. The van der Waals surface area contributed by atoms with Crippen LogP contribution in [0.1, 0.15) is 21.8 Å². The molecular formula is C28H25N5O2S2. The summed E-state index contributed by atoms with van der Waals surface area (Å²) in [7, 11) is 0. The molecule has 3 aromatic heterocycles. The lowest BCUT2D eigenvalue weighted by Crippen LogP contribution is -2.25. The van der Waals surface area contributed by atoms with Gasteiger partial charge in [-0.2, -0.15) is 0 Å². The van der Waals surface area contributed by atoms with Gasteiger partial charge >= 0.3 is 0 Å². The second-order valence-corrected chi connectivity index (χ2v) is 10.7. The van der Waals surface area contributed by atoms with E-state index >= 15 is 0 Å². The molecule has 0 saturated carbocycles. The van der Waals surface area contributed by atoms with Crippen LogP contribution in [-0.2, 0) is 11.3 Å². The van der Waals surface area contributed by atoms with E-state index in [1.54, 1.807) is 0 Å². The number of hydrogen-bond acceptors (Lipinski definition) is 8. The van der Waals surface area contributed by atoms with Crippen LogP contribution in [0.4, 0.5) is 5.69 Å². The average Bonchev–Trinajstić information content (AvgIpc) is 3.51. The quantitative estimate of drug-likeness (QED) is 0.294. The summed E-state index contributed by atoms with van der Waals surface area (Å²) in [5.74, 6) is -0.234. The van der Waals surface area contributed by atoms with E-state index in [0.29, 0.717) is 10.7 Å². The largest absolute Gasteiger partial charge is 0.380 e. The van der Waals surface area contributed by atoms with Crippen molar-refractivity contribution in [3.63, 3.8) is 0 Å². The van der Waals surface area contributed by atoms with Crippen LogP contribution in [-0.4, -0.2) is 52.1 Å². The van der Waals surface area contributed by atoms with Gasteiger partial charge < -0.3 is 10.1 Å². The van der Waals surface area contributed by atoms with E-state index in [1.807, 2.05) is 66.2 Å². The summed E-state index contributed by atoms with van der Waals surface area (Å²) in [5.41, 5.74) is 5.37. The summed E-state index contributed by atoms with van der Waals surface area (Å²) in [5, 5.41) is 6.19. The van der Waals surface area contributed by atoms with E-state index in [-0.39, 0.29) is 5.91 Å². The van der Waals surface area contributed by atoms with Crippen LogP contribution in [0.5, 0.6) is 0 Å². The van der Waals surface area contributed by atoms with Crippen LogP contribution in [0.2, 0.25) is 0 Å². The molecule has 1 N–H and O–H groups in total. The molecule has 1 aliphatic rings. The molecule has 1 fully saturated rings. The molecular weight excluding hydrogens is 502 g/mol. The number of nitrogens with one attached hydrogen (secondary N) is 1. The van der Waals surface area contributed by atoms with Crippen molar-refractivity contribution in [2.24, 2.45) is 0 Å². The number of carbonyl (C=O) groups is 1. The SMILES string of the molecule is O=C(Nc1ccccc1-c1nc2cc(CN3CCCOCC3)cnc2s1)c1nc(-c2ccccc2)cs1. The first-order chi connectivity index (χ1) is 18.2. The Balaban J connectivity index is 1.22. The lowest BCUT2D eigenvalue weighted by molar-refractivity contribution is 0.102. The topological polar surface area (TPSA) is 80.2 Å². The number of carbonyl (C=O) groups excluding carboxylic acids is 1. The monoisotopic (exact) mass is 527 g/mol. The summed E-state index contributed by atoms with van der Waals surface area (Å²) in [6, 6.07) is 19.7. The highest BCUT2D eigenvalue weighted by Crippen LogP contribution is 2.34. The van der Waals surface area contributed by atoms with E-state index in [2.05, 4.69) is 26.3 Å². The molecule has 1 saturated heterocycles. The van der Waals surface area contributed by atoms with Gasteiger partial charge in [0.2, 0.25) is 0 Å². The van der Waals surface area contributed by atoms with Gasteiger partial charge in [-0.3, -0.25) is 9.69 Å². The maximum absolute atomic E-state index is 13.1. The Hall–Kier alpha value is -3.50. The van der Waals surface area contributed by atoms with Crippen LogP contribution in [0.25, 0.3) is 32.2 Å². The number of hydrogen-bond donors (Lipinski definition) is 1. The maximum atomic E-state index is 13.1. The van der Waals surface area contributed by atoms with Crippen molar-refractivity contribution in [1.29, 1.82) is 0 Å². The molecule has 1 aliphatic heterocycles. The zero-order chi connectivity index (χ0) is 25.0. The zero-order valence-corrected chi connectivity index (χ0v) is 21.7.